The second-order valence-electron chi connectivity index (χ2n) is 4.48. The van der Waals surface area contributed by atoms with Crippen molar-refractivity contribution < 1.29 is 4.79 Å². The van der Waals surface area contributed by atoms with Gasteiger partial charge in [-0.15, -0.1) is 11.3 Å². The molecule has 1 fully saturated rings. The fourth-order valence-electron chi connectivity index (χ4n) is 2.45. The summed E-state index contributed by atoms with van der Waals surface area (Å²) in [4.78, 5) is 15.0. The summed E-state index contributed by atoms with van der Waals surface area (Å²) in [6.45, 7) is 2.61. The first kappa shape index (κ1) is 12.9. The van der Waals surface area contributed by atoms with Gasteiger partial charge in [-0.25, -0.2) is 0 Å². The van der Waals surface area contributed by atoms with E-state index in [1.165, 1.54) is 11.3 Å². The van der Waals surface area contributed by atoms with Crippen LogP contribution in [0.4, 0.5) is 0 Å². The number of halogens is 1. The van der Waals surface area contributed by atoms with E-state index in [0.29, 0.717) is 16.4 Å². The fourth-order valence-corrected chi connectivity index (χ4v) is 3.53. The Bertz CT molecular complexity index is 407. The van der Waals surface area contributed by atoms with Gasteiger partial charge in [-0.3, -0.25) is 4.79 Å². The van der Waals surface area contributed by atoms with Crippen LogP contribution < -0.4 is 5.73 Å². The average molecular weight is 273 g/mol. The molecule has 1 aromatic rings. The molecule has 2 atom stereocenters. The molecule has 1 aliphatic rings. The summed E-state index contributed by atoms with van der Waals surface area (Å²) < 4.78 is 0. The Hall–Kier alpha value is -0.580. The molecule has 17 heavy (non-hydrogen) atoms. The summed E-state index contributed by atoms with van der Waals surface area (Å²) in [6, 6.07) is 2.18. The van der Waals surface area contributed by atoms with Crippen LogP contribution in [-0.4, -0.2) is 29.4 Å². The van der Waals surface area contributed by atoms with Crippen molar-refractivity contribution in [2.75, 3.05) is 6.54 Å². The number of nitrogens with zero attached hydrogens (tertiary/aromatic N) is 1. The number of likely N-dealkylation sites (tertiary alicyclic amines) is 1. The number of rotatable bonds is 2. The molecule has 5 heteroatoms. The largest absolute Gasteiger partial charge is 0.331 e. The van der Waals surface area contributed by atoms with Crippen LogP contribution in [0.3, 0.4) is 0 Å². The summed E-state index contributed by atoms with van der Waals surface area (Å²) in [5, 5.41) is 2.40. The third kappa shape index (κ3) is 2.49. The number of hydrogen-bond acceptors (Lipinski definition) is 3. The Kier molecular flexibility index (Phi) is 4.07. The average Bonchev–Trinajstić information content (AvgIpc) is 2.74. The van der Waals surface area contributed by atoms with Gasteiger partial charge in [0.15, 0.2) is 0 Å². The lowest BCUT2D eigenvalue weighted by atomic mass is 9.96. The van der Waals surface area contributed by atoms with Crippen molar-refractivity contribution in [3.8, 4) is 0 Å². The second kappa shape index (κ2) is 5.38. The van der Waals surface area contributed by atoms with Gasteiger partial charge in [0.1, 0.15) is 4.88 Å². The zero-order valence-electron chi connectivity index (χ0n) is 9.86. The molecule has 2 N–H and O–H groups in total. The van der Waals surface area contributed by atoms with Crippen LogP contribution in [0.25, 0.3) is 0 Å². The first-order valence-electron chi connectivity index (χ1n) is 5.91. The molecule has 1 aromatic heterocycles. The van der Waals surface area contributed by atoms with E-state index in [-0.39, 0.29) is 18.0 Å². The van der Waals surface area contributed by atoms with Crippen LogP contribution in [0.2, 0.25) is 5.02 Å². The van der Waals surface area contributed by atoms with Crippen molar-refractivity contribution in [3.05, 3.63) is 21.3 Å². The first-order chi connectivity index (χ1) is 8.15. The number of carbonyl (C=O) groups excluding carboxylic acids is 1. The van der Waals surface area contributed by atoms with Crippen LogP contribution in [-0.2, 0) is 0 Å². The van der Waals surface area contributed by atoms with E-state index >= 15 is 0 Å². The van der Waals surface area contributed by atoms with Gasteiger partial charge in [0, 0.05) is 18.6 Å². The summed E-state index contributed by atoms with van der Waals surface area (Å²) in [6.07, 6.45) is 3.19. The van der Waals surface area contributed by atoms with Crippen molar-refractivity contribution in [1.82, 2.24) is 4.90 Å². The zero-order valence-corrected chi connectivity index (χ0v) is 11.4. The number of thiophene rings is 1. The second-order valence-corrected chi connectivity index (χ2v) is 5.80. The minimum Gasteiger partial charge on any atom is -0.331 e. The minimum absolute atomic E-state index is 0.0349. The molecule has 2 unspecified atom stereocenters. The molecule has 94 valence electrons. The van der Waals surface area contributed by atoms with E-state index in [2.05, 4.69) is 6.92 Å². The van der Waals surface area contributed by atoms with Gasteiger partial charge < -0.3 is 10.6 Å². The van der Waals surface area contributed by atoms with Crippen LogP contribution in [0, 0.1) is 0 Å². The van der Waals surface area contributed by atoms with Crippen LogP contribution >= 0.6 is 22.9 Å². The Morgan fingerprint density at radius 2 is 2.41 bits per heavy atom. The number of hydrogen-bond donors (Lipinski definition) is 1. The predicted molar refractivity (Wildman–Crippen MR) is 71.7 cm³/mol. The SMILES string of the molecule is CC1CCCC(CN)N1C(=O)c1sccc1Cl. The molecule has 0 spiro atoms. The highest BCUT2D eigenvalue weighted by atomic mass is 35.5. The van der Waals surface area contributed by atoms with Gasteiger partial charge in [-0.05, 0) is 37.6 Å². The van der Waals surface area contributed by atoms with E-state index in [9.17, 15) is 4.79 Å². The normalized spacial score (nSPS) is 25.0. The van der Waals surface area contributed by atoms with Gasteiger partial charge in [0.2, 0.25) is 0 Å². The Labute approximate surface area is 111 Å². The Morgan fingerprint density at radius 3 is 3.00 bits per heavy atom. The monoisotopic (exact) mass is 272 g/mol. The zero-order chi connectivity index (χ0) is 12.4. The maximum absolute atomic E-state index is 12.5. The van der Waals surface area contributed by atoms with E-state index in [1.807, 2.05) is 10.3 Å². The maximum Gasteiger partial charge on any atom is 0.265 e. The van der Waals surface area contributed by atoms with Gasteiger partial charge in [-0.1, -0.05) is 11.6 Å². The number of piperidine rings is 1. The minimum atomic E-state index is 0.0349. The van der Waals surface area contributed by atoms with E-state index < -0.39 is 0 Å². The van der Waals surface area contributed by atoms with Crippen LogP contribution in [0.15, 0.2) is 11.4 Å². The standard InChI is InChI=1S/C12H17ClN2OS/c1-8-3-2-4-9(7-14)15(8)12(16)11-10(13)5-6-17-11/h5-6,8-9H,2-4,7,14H2,1H3. The highest BCUT2D eigenvalue weighted by Crippen LogP contribution is 2.29. The lowest BCUT2D eigenvalue weighted by molar-refractivity contribution is 0.0499. The van der Waals surface area contributed by atoms with Crippen molar-refractivity contribution >= 4 is 28.8 Å². The van der Waals surface area contributed by atoms with Gasteiger partial charge >= 0.3 is 0 Å². The smallest absolute Gasteiger partial charge is 0.265 e. The highest BCUT2D eigenvalue weighted by molar-refractivity contribution is 7.12. The van der Waals surface area contributed by atoms with E-state index in [1.54, 1.807) is 6.07 Å². The van der Waals surface area contributed by atoms with Crippen molar-refractivity contribution in [2.45, 2.75) is 38.3 Å². The highest BCUT2D eigenvalue weighted by Gasteiger charge is 2.32. The molecule has 0 bridgehead atoms. The number of amides is 1. The van der Waals surface area contributed by atoms with E-state index in [0.717, 1.165) is 19.3 Å². The molecule has 0 radical (unpaired) electrons. The lowest BCUT2D eigenvalue weighted by Gasteiger charge is -2.40. The fraction of sp³-hybridized carbons (Fsp3) is 0.583. The van der Waals surface area contributed by atoms with E-state index in [4.69, 9.17) is 17.3 Å². The molecule has 1 saturated heterocycles. The summed E-state index contributed by atoms with van der Waals surface area (Å²) in [5.74, 6) is 0.0349. The molecule has 0 saturated carbocycles. The predicted octanol–water partition coefficient (Wildman–Crippen LogP) is 2.74. The van der Waals surface area contributed by atoms with Crippen LogP contribution in [0.5, 0.6) is 0 Å². The molecule has 0 aliphatic carbocycles. The van der Waals surface area contributed by atoms with Gasteiger partial charge in [0.25, 0.3) is 5.91 Å². The Balaban J connectivity index is 2.24. The lowest BCUT2D eigenvalue weighted by Crippen LogP contribution is -2.51. The van der Waals surface area contributed by atoms with Gasteiger partial charge in [0.05, 0.1) is 5.02 Å². The number of nitrogens with two attached hydrogens (primary N) is 1. The molecule has 2 heterocycles. The van der Waals surface area contributed by atoms with Gasteiger partial charge in [-0.2, -0.15) is 0 Å². The molecule has 3 nitrogen and oxygen atoms in total. The third-order valence-electron chi connectivity index (χ3n) is 3.35. The molecule has 1 aliphatic heterocycles. The summed E-state index contributed by atoms with van der Waals surface area (Å²) in [5.41, 5.74) is 5.76. The summed E-state index contributed by atoms with van der Waals surface area (Å²) in [7, 11) is 0. The molecule has 1 amide bonds. The Morgan fingerprint density at radius 1 is 1.65 bits per heavy atom. The topological polar surface area (TPSA) is 46.3 Å². The molecule has 0 aromatic carbocycles. The van der Waals surface area contributed by atoms with Crippen molar-refractivity contribution in [1.29, 1.82) is 0 Å². The van der Waals surface area contributed by atoms with Crippen molar-refractivity contribution in [3.63, 3.8) is 0 Å². The van der Waals surface area contributed by atoms with Crippen molar-refractivity contribution in [2.24, 2.45) is 5.73 Å². The molecular formula is C12H17ClN2OS. The quantitative estimate of drug-likeness (QED) is 0.900. The number of carbonyl (C=O) groups is 1. The maximum atomic E-state index is 12.5. The third-order valence-corrected chi connectivity index (χ3v) is 4.67. The molecular weight excluding hydrogens is 256 g/mol. The first-order valence-corrected chi connectivity index (χ1v) is 7.16. The molecule has 2 rings (SSSR count). The van der Waals surface area contributed by atoms with Crippen LogP contribution in [0.1, 0.15) is 35.9 Å². The summed E-state index contributed by atoms with van der Waals surface area (Å²) >= 11 is 7.43.